The molecule has 0 N–H and O–H groups in total. The third-order valence-corrected chi connectivity index (χ3v) is 4.85. The van der Waals surface area contributed by atoms with Crippen molar-refractivity contribution < 1.29 is 19.1 Å². The molecule has 0 saturated heterocycles. The molecule has 0 aliphatic carbocycles. The summed E-state index contributed by atoms with van der Waals surface area (Å²) in [6.07, 6.45) is 1.54. The standard InChI is InChI=1S/C23H26N2O4/c1-4-17-10-12-18(13-11-17)21-14-20(24-25(21)16(3)26)19-8-6-7-9-22(19)29-15-23(27)28-5-2/h6-13,21H,4-5,14-15H2,1-3H3. The first kappa shape index (κ1) is 20.6. The quantitative estimate of drug-likeness (QED) is 0.668. The van der Waals surface area contributed by atoms with Gasteiger partial charge in [0.1, 0.15) is 5.75 Å². The van der Waals surface area contributed by atoms with Gasteiger partial charge < -0.3 is 9.47 Å². The minimum atomic E-state index is -0.421. The van der Waals surface area contributed by atoms with Crippen LogP contribution in [0, 0.1) is 0 Å². The van der Waals surface area contributed by atoms with Gasteiger partial charge in [-0.3, -0.25) is 4.79 Å². The lowest BCUT2D eigenvalue weighted by Crippen LogP contribution is -2.24. The van der Waals surface area contributed by atoms with Crippen LogP contribution in [0.1, 0.15) is 49.9 Å². The predicted molar refractivity (Wildman–Crippen MR) is 111 cm³/mol. The summed E-state index contributed by atoms with van der Waals surface area (Å²) in [7, 11) is 0. The van der Waals surface area contributed by atoms with Gasteiger partial charge in [0.15, 0.2) is 6.61 Å². The molecule has 6 nitrogen and oxygen atoms in total. The molecule has 1 atom stereocenters. The fourth-order valence-electron chi connectivity index (χ4n) is 3.37. The Morgan fingerprint density at radius 3 is 2.48 bits per heavy atom. The topological polar surface area (TPSA) is 68.2 Å². The van der Waals surface area contributed by atoms with E-state index in [0.717, 1.165) is 23.3 Å². The molecule has 3 rings (SSSR count). The van der Waals surface area contributed by atoms with Gasteiger partial charge >= 0.3 is 5.97 Å². The van der Waals surface area contributed by atoms with Crippen molar-refractivity contribution in [3.8, 4) is 5.75 Å². The monoisotopic (exact) mass is 394 g/mol. The van der Waals surface area contributed by atoms with E-state index in [2.05, 4.69) is 36.3 Å². The zero-order valence-electron chi connectivity index (χ0n) is 17.1. The highest BCUT2D eigenvalue weighted by Crippen LogP contribution is 2.35. The van der Waals surface area contributed by atoms with E-state index in [4.69, 9.17) is 9.47 Å². The summed E-state index contributed by atoms with van der Waals surface area (Å²) in [5, 5.41) is 6.11. The lowest BCUT2D eigenvalue weighted by molar-refractivity contribution is -0.145. The lowest BCUT2D eigenvalue weighted by atomic mass is 9.97. The van der Waals surface area contributed by atoms with Crippen LogP contribution in [0.3, 0.4) is 0 Å². The summed E-state index contributed by atoms with van der Waals surface area (Å²) in [6, 6.07) is 15.5. The Balaban J connectivity index is 1.84. The molecule has 0 aromatic heterocycles. The highest BCUT2D eigenvalue weighted by Gasteiger charge is 2.32. The summed E-state index contributed by atoms with van der Waals surface area (Å²) >= 11 is 0. The number of carbonyl (C=O) groups excluding carboxylic acids is 2. The van der Waals surface area contributed by atoms with Crippen LogP contribution in [0.2, 0.25) is 0 Å². The van der Waals surface area contributed by atoms with E-state index in [1.54, 1.807) is 13.0 Å². The second-order valence-electron chi connectivity index (χ2n) is 6.82. The van der Waals surface area contributed by atoms with Gasteiger partial charge in [-0.15, -0.1) is 0 Å². The molecular formula is C23H26N2O4. The van der Waals surface area contributed by atoms with Gasteiger partial charge in [-0.05, 0) is 36.6 Å². The van der Waals surface area contributed by atoms with Crippen molar-refractivity contribution in [2.24, 2.45) is 5.10 Å². The Labute approximate surface area is 171 Å². The second-order valence-corrected chi connectivity index (χ2v) is 6.82. The summed E-state index contributed by atoms with van der Waals surface area (Å²) in [6.45, 7) is 5.52. The Bertz CT molecular complexity index is 905. The van der Waals surface area contributed by atoms with Gasteiger partial charge in [-0.1, -0.05) is 43.3 Å². The molecule has 0 fully saturated rings. The summed E-state index contributed by atoms with van der Waals surface area (Å²) in [5.41, 5.74) is 3.82. The molecular weight excluding hydrogens is 368 g/mol. The van der Waals surface area contributed by atoms with Gasteiger partial charge in [0.2, 0.25) is 5.91 Å². The number of amides is 1. The van der Waals surface area contributed by atoms with E-state index in [9.17, 15) is 9.59 Å². The first-order valence-electron chi connectivity index (χ1n) is 9.87. The average molecular weight is 394 g/mol. The summed E-state index contributed by atoms with van der Waals surface area (Å²) in [5.74, 6) is 0.00851. The number of hydrogen-bond acceptors (Lipinski definition) is 5. The van der Waals surface area contributed by atoms with Crippen molar-refractivity contribution >= 4 is 17.6 Å². The highest BCUT2D eigenvalue weighted by molar-refractivity contribution is 6.05. The Morgan fingerprint density at radius 1 is 1.10 bits per heavy atom. The van der Waals surface area contributed by atoms with Crippen molar-refractivity contribution in [1.82, 2.24) is 5.01 Å². The molecule has 0 saturated carbocycles. The number of rotatable bonds is 7. The van der Waals surface area contributed by atoms with Crippen molar-refractivity contribution in [2.45, 2.75) is 39.7 Å². The number of para-hydroxylation sites is 1. The maximum atomic E-state index is 12.2. The number of ether oxygens (including phenoxy) is 2. The van der Waals surface area contributed by atoms with Gasteiger partial charge in [-0.2, -0.15) is 5.10 Å². The number of hydrazone groups is 1. The summed E-state index contributed by atoms with van der Waals surface area (Å²) < 4.78 is 10.6. The van der Waals surface area contributed by atoms with Gasteiger partial charge in [0, 0.05) is 18.9 Å². The normalized spacial score (nSPS) is 15.8. The van der Waals surface area contributed by atoms with Gasteiger partial charge in [0.05, 0.1) is 18.4 Å². The predicted octanol–water partition coefficient (Wildman–Crippen LogP) is 3.89. The van der Waals surface area contributed by atoms with E-state index in [0.29, 0.717) is 18.8 Å². The molecule has 0 bridgehead atoms. The van der Waals surface area contributed by atoms with Crippen molar-refractivity contribution in [3.63, 3.8) is 0 Å². The highest BCUT2D eigenvalue weighted by atomic mass is 16.6. The SMILES string of the molecule is CCOC(=O)COc1ccccc1C1=NN(C(C)=O)C(c2ccc(CC)cc2)C1. The third-order valence-electron chi connectivity index (χ3n) is 4.85. The van der Waals surface area contributed by atoms with Crippen LogP contribution in [0.25, 0.3) is 0 Å². The molecule has 6 heteroatoms. The van der Waals surface area contributed by atoms with Crippen LogP contribution in [0.5, 0.6) is 5.75 Å². The Morgan fingerprint density at radius 2 is 1.83 bits per heavy atom. The van der Waals surface area contributed by atoms with Crippen molar-refractivity contribution in [3.05, 3.63) is 65.2 Å². The van der Waals surface area contributed by atoms with Crippen LogP contribution in [0.15, 0.2) is 53.6 Å². The maximum absolute atomic E-state index is 12.2. The second kappa shape index (κ2) is 9.37. The molecule has 1 aliphatic rings. The first-order chi connectivity index (χ1) is 14.0. The van der Waals surface area contributed by atoms with Gasteiger partial charge in [-0.25, -0.2) is 9.80 Å². The molecule has 152 valence electrons. The zero-order valence-corrected chi connectivity index (χ0v) is 17.1. The number of hydrogen-bond donors (Lipinski definition) is 0. The van der Waals surface area contributed by atoms with E-state index in [1.165, 1.54) is 17.5 Å². The number of esters is 1. The van der Waals surface area contributed by atoms with E-state index in [1.807, 2.05) is 18.2 Å². The van der Waals surface area contributed by atoms with Crippen LogP contribution in [-0.2, 0) is 20.7 Å². The fourth-order valence-corrected chi connectivity index (χ4v) is 3.37. The largest absolute Gasteiger partial charge is 0.481 e. The van der Waals surface area contributed by atoms with Crippen molar-refractivity contribution in [2.75, 3.05) is 13.2 Å². The van der Waals surface area contributed by atoms with Crippen molar-refractivity contribution in [1.29, 1.82) is 0 Å². The number of nitrogens with zero attached hydrogens (tertiary/aromatic N) is 2. The minimum Gasteiger partial charge on any atom is -0.481 e. The molecule has 1 amide bonds. The zero-order chi connectivity index (χ0) is 20.8. The molecule has 0 radical (unpaired) electrons. The molecule has 1 aliphatic heterocycles. The minimum absolute atomic E-state index is 0.116. The Kier molecular flexibility index (Phi) is 6.65. The number of aryl methyl sites for hydroxylation is 1. The molecule has 2 aromatic rings. The molecule has 0 spiro atoms. The number of carbonyl (C=O) groups is 2. The Hall–Kier alpha value is -3.15. The summed E-state index contributed by atoms with van der Waals surface area (Å²) in [4.78, 5) is 23.9. The van der Waals surface area contributed by atoms with E-state index >= 15 is 0 Å². The lowest BCUT2D eigenvalue weighted by Gasteiger charge is -2.20. The van der Waals surface area contributed by atoms with E-state index in [-0.39, 0.29) is 18.6 Å². The van der Waals surface area contributed by atoms with Crippen LogP contribution < -0.4 is 4.74 Å². The van der Waals surface area contributed by atoms with Gasteiger partial charge in [0.25, 0.3) is 0 Å². The smallest absolute Gasteiger partial charge is 0.344 e. The van der Waals surface area contributed by atoms with Crippen LogP contribution in [0.4, 0.5) is 0 Å². The maximum Gasteiger partial charge on any atom is 0.344 e. The average Bonchev–Trinajstić information content (AvgIpc) is 3.18. The number of benzene rings is 2. The molecule has 1 unspecified atom stereocenters. The molecule has 2 aromatic carbocycles. The third kappa shape index (κ3) is 4.83. The molecule has 29 heavy (non-hydrogen) atoms. The first-order valence-corrected chi connectivity index (χ1v) is 9.87. The van der Waals surface area contributed by atoms with Crippen LogP contribution >= 0.6 is 0 Å². The molecule has 1 heterocycles. The fraction of sp³-hybridized carbons (Fsp3) is 0.348. The van der Waals surface area contributed by atoms with Crippen LogP contribution in [-0.4, -0.2) is 35.8 Å². The van der Waals surface area contributed by atoms with E-state index < -0.39 is 5.97 Å².